The molecule has 0 spiro atoms. The number of carbonyl (C=O) groups is 1. The van der Waals surface area contributed by atoms with Gasteiger partial charge in [-0.3, -0.25) is 4.79 Å². The summed E-state index contributed by atoms with van der Waals surface area (Å²) in [6.07, 6.45) is 1.41. The van der Waals surface area contributed by atoms with Gasteiger partial charge >= 0.3 is 0 Å². The number of amides is 1. The van der Waals surface area contributed by atoms with Crippen molar-refractivity contribution in [2.45, 2.75) is 38.3 Å². The first-order valence-corrected chi connectivity index (χ1v) is 7.44. The first kappa shape index (κ1) is 14.4. The van der Waals surface area contributed by atoms with Crippen LogP contribution in [0.4, 0.5) is 0 Å². The fourth-order valence-electron chi connectivity index (χ4n) is 2.32. The molecule has 1 aliphatic rings. The highest BCUT2D eigenvalue weighted by Gasteiger charge is 2.40. The van der Waals surface area contributed by atoms with Gasteiger partial charge in [0.05, 0.1) is 6.04 Å². The fraction of sp³-hybridized carbons (Fsp3) is 0.692. The quantitative estimate of drug-likeness (QED) is 0.877. The van der Waals surface area contributed by atoms with Crippen molar-refractivity contribution >= 4 is 17.2 Å². The third-order valence-electron chi connectivity index (χ3n) is 3.57. The highest BCUT2D eigenvalue weighted by molar-refractivity contribution is 7.09. The molecule has 0 bridgehead atoms. The van der Waals surface area contributed by atoms with Gasteiger partial charge in [-0.2, -0.15) is 0 Å². The lowest BCUT2D eigenvalue weighted by molar-refractivity contribution is -0.147. The second-order valence-electron chi connectivity index (χ2n) is 4.97. The van der Waals surface area contributed by atoms with Gasteiger partial charge < -0.3 is 15.4 Å². The Labute approximate surface area is 117 Å². The van der Waals surface area contributed by atoms with Crippen molar-refractivity contribution in [2.75, 3.05) is 20.2 Å². The number of ether oxygens (including phenoxy) is 1. The van der Waals surface area contributed by atoms with Crippen molar-refractivity contribution in [3.63, 3.8) is 0 Å². The molecule has 1 unspecified atom stereocenters. The lowest BCUT2D eigenvalue weighted by atomic mass is 9.91. The van der Waals surface area contributed by atoms with E-state index in [1.54, 1.807) is 18.4 Å². The van der Waals surface area contributed by atoms with Crippen LogP contribution in [0.25, 0.3) is 0 Å². The average Bonchev–Trinajstić information content (AvgIpc) is 2.86. The number of aromatic nitrogens is 1. The summed E-state index contributed by atoms with van der Waals surface area (Å²) in [5.41, 5.74) is 0.302. The van der Waals surface area contributed by atoms with E-state index in [0.29, 0.717) is 12.8 Å². The van der Waals surface area contributed by atoms with E-state index in [-0.39, 0.29) is 11.9 Å². The Morgan fingerprint density at radius 2 is 2.26 bits per heavy atom. The predicted molar refractivity (Wildman–Crippen MR) is 75.3 cm³/mol. The maximum atomic E-state index is 12.5. The van der Waals surface area contributed by atoms with E-state index in [0.717, 1.165) is 23.8 Å². The highest BCUT2D eigenvalue weighted by atomic mass is 32.1. The lowest BCUT2D eigenvalue weighted by Crippen LogP contribution is -2.54. The van der Waals surface area contributed by atoms with Gasteiger partial charge in [-0.25, -0.2) is 4.98 Å². The summed E-state index contributed by atoms with van der Waals surface area (Å²) in [6.45, 7) is 5.54. The first-order valence-electron chi connectivity index (χ1n) is 6.56. The third-order valence-corrected chi connectivity index (χ3v) is 4.72. The van der Waals surface area contributed by atoms with E-state index < -0.39 is 5.60 Å². The van der Waals surface area contributed by atoms with E-state index >= 15 is 0 Å². The van der Waals surface area contributed by atoms with Gasteiger partial charge in [0.2, 0.25) is 0 Å². The second-order valence-corrected chi connectivity index (χ2v) is 5.86. The molecule has 5 nitrogen and oxygen atoms in total. The van der Waals surface area contributed by atoms with Crippen LogP contribution in [-0.2, 0) is 9.53 Å². The standard InChI is InChI=1S/C13H21N3O2S/c1-9-8-19-11(15-9)10(2)16-12(17)13(18-3)4-6-14-7-5-13/h8,10,14H,4-7H2,1-3H3,(H,16,17). The van der Waals surface area contributed by atoms with Crippen LogP contribution >= 0.6 is 11.3 Å². The number of hydrogen-bond acceptors (Lipinski definition) is 5. The summed E-state index contributed by atoms with van der Waals surface area (Å²) >= 11 is 1.57. The van der Waals surface area contributed by atoms with Crippen molar-refractivity contribution in [2.24, 2.45) is 0 Å². The van der Waals surface area contributed by atoms with E-state index in [1.165, 1.54) is 0 Å². The summed E-state index contributed by atoms with van der Waals surface area (Å²) in [6, 6.07) is -0.0758. The molecular formula is C13H21N3O2S. The normalized spacial score (nSPS) is 19.9. The topological polar surface area (TPSA) is 63.2 Å². The zero-order chi connectivity index (χ0) is 13.9. The molecule has 106 valence electrons. The zero-order valence-electron chi connectivity index (χ0n) is 11.7. The highest BCUT2D eigenvalue weighted by Crippen LogP contribution is 2.25. The van der Waals surface area contributed by atoms with Crippen LogP contribution in [0.1, 0.15) is 36.5 Å². The van der Waals surface area contributed by atoms with E-state index in [4.69, 9.17) is 4.74 Å². The second kappa shape index (κ2) is 5.98. The average molecular weight is 283 g/mol. The summed E-state index contributed by atoms with van der Waals surface area (Å²) < 4.78 is 5.51. The Bertz CT molecular complexity index is 441. The van der Waals surface area contributed by atoms with E-state index in [1.807, 2.05) is 19.2 Å². The van der Waals surface area contributed by atoms with Crippen LogP contribution in [0.3, 0.4) is 0 Å². The smallest absolute Gasteiger partial charge is 0.252 e. The van der Waals surface area contributed by atoms with Crippen LogP contribution in [0.15, 0.2) is 5.38 Å². The molecule has 2 rings (SSSR count). The van der Waals surface area contributed by atoms with Gasteiger partial charge in [-0.15, -0.1) is 11.3 Å². The van der Waals surface area contributed by atoms with Gasteiger partial charge in [0.15, 0.2) is 0 Å². The van der Waals surface area contributed by atoms with Crippen molar-refractivity contribution in [1.82, 2.24) is 15.6 Å². The van der Waals surface area contributed by atoms with Gasteiger partial charge in [0, 0.05) is 18.2 Å². The number of methoxy groups -OCH3 is 1. The number of thiazole rings is 1. The SMILES string of the molecule is COC1(C(=O)NC(C)c2nc(C)cs2)CCNCC1. The molecule has 2 N–H and O–H groups in total. The molecule has 1 aliphatic heterocycles. The third kappa shape index (κ3) is 3.13. The summed E-state index contributed by atoms with van der Waals surface area (Å²) in [5.74, 6) is -0.0307. The first-order chi connectivity index (χ1) is 9.07. The molecule has 0 saturated carbocycles. The van der Waals surface area contributed by atoms with Crippen molar-refractivity contribution < 1.29 is 9.53 Å². The number of rotatable bonds is 4. The zero-order valence-corrected chi connectivity index (χ0v) is 12.5. The Balaban J connectivity index is 2.03. The lowest BCUT2D eigenvalue weighted by Gasteiger charge is -2.35. The largest absolute Gasteiger partial charge is 0.368 e. The molecule has 2 heterocycles. The van der Waals surface area contributed by atoms with Crippen LogP contribution in [0.2, 0.25) is 0 Å². The molecule has 19 heavy (non-hydrogen) atoms. The molecule has 1 fully saturated rings. The molecular weight excluding hydrogens is 262 g/mol. The van der Waals surface area contributed by atoms with Gasteiger partial charge in [-0.05, 0) is 39.8 Å². The van der Waals surface area contributed by atoms with Crippen molar-refractivity contribution in [3.05, 3.63) is 16.1 Å². The fourth-order valence-corrected chi connectivity index (χ4v) is 3.12. The van der Waals surface area contributed by atoms with Gasteiger partial charge in [0.25, 0.3) is 5.91 Å². The number of nitrogens with zero attached hydrogens (tertiary/aromatic N) is 1. The maximum absolute atomic E-state index is 12.5. The Kier molecular flexibility index (Phi) is 4.54. The molecule has 1 atom stereocenters. The van der Waals surface area contributed by atoms with Crippen LogP contribution in [0.5, 0.6) is 0 Å². The maximum Gasteiger partial charge on any atom is 0.252 e. The minimum absolute atomic E-state index is 0.0307. The Hall–Kier alpha value is -0.980. The molecule has 1 aromatic heterocycles. The van der Waals surface area contributed by atoms with Gasteiger partial charge in [0.1, 0.15) is 10.6 Å². The molecule has 0 aromatic carbocycles. The molecule has 1 aromatic rings. The van der Waals surface area contributed by atoms with Crippen LogP contribution in [0, 0.1) is 6.92 Å². The van der Waals surface area contributed by atoms with E-state index in [9.17, 15) is 4.79 Å². The molecule has 6 heteroatoms. The number of hydrogen-bond donors (Lipinski definition) is 2. The molecule has 1 amide bonds. The summed E-state index contributed by atoms with van der Waals surface area (Å²) in [7, 11) is 1.61. The predicted octanol–water partition coefficient (Wildman–Crippen LogP) is 1.40. The Morgan fingerprint density at radius 3 is 2.79 bits per heavy atom. The van der Waals surface area contributed by atoms with Crippen molar-refractivity contribution in [1.29, 1.82) is 0 Å². The molecule has 0 aliphatic carbocycles. The number of aryl methyl sites for hydroxylation is 1. The monoisotopic (exact) mass is 283 g/mol. The minimum Gasteiger partial charge on any atom is -0.368 e. The van der Waals surface area contributed by atoms with E-state index in [2.05, 4.69) is 15.6 Å². The number of carbonyl (C=O) groups excluding carboxylic acids is 1. The summed E-state index contributed by atoms with van der Waals surface area (Å²) in [5, 5.41) is 9.20. The number of piperidine rings is 1. The number of nitrogens with one attached hydrogen (secondary N) is 2. The minimum atomic E-state index is -0.689. The van der Waals surface area contributed by atoms with Crippen molar-refractivity contribution in [3.8, 4) is 0 Å². The van der Waals surface area contributed by atoms with Gasteiger partial charge in [-0.1, -0.05) is 0 Å². The molecule has 1 saturated heterocycles. The summed E-state index contributed by atoms with van der Waals surface area (Å²) in [4.78, 5) is 16.9. The Morgan fingerprint density at radius 1 is 1.58 bits per heavy atom. The molecule has 0 radical (unpaired) electrons. The van der Waals surface area contributed by atoms with Crippen LogP contribution in [-0.4, -0.2) is 36.7 Å². The van der Waals surface area contributed by atoms with Crippen LogP contribution < -0.4 is 10.6 Å².